The van der Waals surface area contributed by atoms with E-state index < -0.39 is 5.54 Å². The number of nitrogen functional groups attached to an aromatic ring is 1. The van der Waals surface area contributed by atoms with Crippen molar-refractivity contribution >= 4 is 23.2 Å². The SMILES string of the molecule is Nc1cccc(C(=O)C2(C=Cc3ccccc3)NNc3ccccc32)c1. The summed E-state index contributed by atoms with van der Waals surface area (Å²) in [6.07, 6.45) is 3.87. The van der Waals surface area contributed by atoms with Crippen LogP contribution in [0.2, 0.25) is 0 Å². The van der Waals surface area contributed by atoms with E-state index in [-0.39, 0.29) is 5.78 Å². The zero-order chi connectivity index (χ0) is 18.0. The molecule has 4 rings (SSSR count). The molecule has 1 aliphatic heterocycles. The molecule has 0 amide bonds. The van der Waals surface area contributed by atoms with Crippen molar-refractivity contribution in [2.24, 2.45) is 0 Å². The minimum Gasteiger partial charge on any atom is -0.399 e. The molecule has 0 bridgehead atoms. The Hall–Kier alpha value is -3.37. The number of carbonyl (C=O) groups excluding carboxylic acids is 1. The highest BCUT2D eigenvalue weighted by atomic mass is 16.1. The number of rotatable bonds is 4. The Morgan fingerprint density at radius 2 is 1.69 bits per heavy atom. The summed E-state index contributed by atoms with van der Waals surface area (Å²) in [7, 11) is 0. The van der Waals surface area contributed by atoms with Crippen LogP contribution in [0.3, 0.4) is 0 Å². The van der Waals surface area contributed by atoms with Crippen LogP contribution in [0.15, 0.2) is 84.9 Å². The molecule has 0 aliphatic carbocycles. The molecular formula is C22H19N3O. The summed E-state index contributed by atoms with van der Waals surface area (Å²) in [5.41, 5.74) is 15.2. The zero-order valence-electron chi connectivity index (χ0n) is 14.1. The molecule has 4 heteroatoms. The molecule has 0 fully saturated rings. The van der Waals surface area contributed by atoms with E-state index in [4.69, 9.17) is 5.73 Å². The first-order valence-electron chi connectivity index (χ1n) is 8.46. The van der Waals surface area contributed by atoms with Crippen LogP contribution in [-0.4, -0.2) is 5.78 Å². The molecule has 0 aromatic heterocycles. The summed E-state index contributed by atoms with van der Waals surface area (Å²) in [6.45, 7) is 0. The maximum absolute atomic E-state index is 13.5. The highest BCUT2D eigenvalue weighted by Gasteiger charge is 2.43. The maximum atomic E-state index is 13.5. The van der Waals surface area contributed by atoms with Gasteiger partial charge < -0.3 is 11.2 Å². The third-order valence-electron chi connectivity index (χ3n) is 4.58. The van der Waals surface area contributed by atoms with Gasteiger partial charge in [-0.2, -0.15) is 0 Å². The van der Waals surface area contributed by atoms with E-state index in [1.54, 1.807) is 24.3 Å². The van der Waals surface area contributed by atoms with Crippen LogP contribution in [0.25, 0.3) is 6.08 Å². The van der Waals surface area contributed by atoms with Gasteiger partial charge in [-0.1, -0.05) is 66.7 Å². The van der Waals surface area contributed by atoms with Gasteiger partial charge in [0, 0.05) is 16.8 Å². The summed E-state index contributed by atoms with van der Waals surface area (Å²) in [4.78, 5) is 13.5. The van der Waals surface area contributed by atoms with E-state index >= 15 is 0 Å². The molecule has 26 heavy (non-hydrogen) atoms. The number of Topliss-reactive ketones (excluding diaryl/α,β-unsaturated/α-hetero) is 1. The first-order valence-corrected chi connectivity index (χ1v) is 8.46. The third kappa shape index (κ3) is 2.76. The average Bonchev–Trinajstić information content (AvgIpc) is 3.07. The van der Waals surface area contributed by atoms with Gasteiger partial charge in [0.05, 0.1) is 5.69 Å². The van der Waals surface area contributed by atoms with Crippen molar-refractivity contribution in [3.05, 3.63) is 102 Å². The number of fused-ring (bicyclic) bond motifs is 1. The Kier molecular flexibility index (Phi) is 4.03. The molecule has 3 aromatic carbocycles. The molecule has 1 unspecified atom stereocenters. The Labute approximate surface area is 152 Å². The van der Waals surface area contributed by atoms with E-state index in [0.717, 1.165) is 16.8 Å². The molecule has 128 valence electrons. The minimum atomic E-state index is -1.000. The molecule has 0 saturated heterocycles. The van der Waals surface area contributed by atoms with Gasteiger partial charge in [-0.3, -0.25) is 4.79 Å². The van der Waals surface area contributed by atoms with Crippen molar-refractivity contribution in [1.82, 2.24) is 5.43 Å². The zero-order valence-corrected chi connectivity index (χ0v) is 14.1. The lowest BCUT2D eigenvalue weighted by molar-refractivity contribution is 0.0904. The largest absolute Gasteiger partial charge is 0.399 e. The van der Waals surface area contributed by atoms with Gasteiger partial charge in [0.1, 0.15) is 5.54 Å². The fraction of sp³-hybridized carbons (Fsp3) is 0.0455. The van der Waals surface area contributed by atoms with Crippen LogP contribution < -0.4 is 16.6 Å². The molecule has 0 saturated carbocycles. The van der Waals surface area contributed by atoms with Crippen LogP contribution in [0.4, 0.5) is 11.4 Å². The van der Waals surface area contributed by atoms with Gasteiger partial charge in [0.15, 0.2) is 5.78 Å². The second-order valence-corrected chi connectivity index (χ2v) is 6.30. The van der Waals surface area contributed by atoms with E-state index in [9.17, 15) is 4.79 Å². The fourth-order valence-electron chi connectivity index (χ4n) is 3.25. The summed E-state index contributed by atoms with van der Waals surface area (Å²) >= 11 is 0. The number of hydrazine groups is 1. The average molecular weight is 341 g/mol. The van der Waals surface area contributed by atoms with Gasteiger partial charge in [-0.05, 0) is 29.8 Å². The van der Waals surface area contributed by atoms with Crippen molar-refractivity contribution in [3.8, 4) is 0 Å². The molecule has 4 nitrogen and oxygen atoms in total. The lowest BCUT2D eigenvalue weighted by Gasteiger charge is -2.25. The van der Waals surface area contributed by atoms with Crippen LogP contribution in [0, 0.1) is 0 Å². The van der Waals surface area contributed by atoms with E-state index in [2.05, 4.69) is 10.9 Å². The Morgan fingerprint density at radius 1 is 0.923 bits per heavy atom. The molecule has 1 heterocycles. The first-order chi connectivity index (χ1) is 12.7. The maximum Gasteiger partial charge on any atom is 0.193 e. The Morgan fingerprint density at radius 3 is 2.50 bits per heavy atom. The van der Waals surface area contributed by atoms with Gasteiger partial charge in [-0.25, -0.2) is 5.43 Å². The molecular weight excluding hydrogens is 322 g/mol. The van der Waals surface area contributed by atoms with Crippen molar-refractivity contribution in [3.63, 3.8) is 0 Å². The van der Waals surface area contributed by atoms with Gasteiger partial charge >= 0.3 is 0 Å². The fourth-order valence-corrected chi connectivity index (χ4v) is 3.25. The van der Waals surface area contributed by atoms with Crippen molar-refractivity contribution in [1.29, 1.82) is 0 Å². The Bertz CT molecular complexity index is 981. The number of nitrogens with one attached hydrogen (secondary N) is 2. The van der Waals surface area contributed by atoms with Gasteiger partial charge in [0.2, 0.25) is 0 Å². The van der Waals surface area contributed by atoms with Crippen LogP contribution in [0.1, 0.15) is 21.5 Å². The van der Waals surface area contributed by atoms with E-state index in [1.807, 2.05) is 66.7 Å². The minimum absolute atomic E-state index is 0.0607. The highest BCUT2D eigenvalue weighted by Crippen LogP contribution is 2.37. The number of benzene rings is 3. The molecule has 4 N–H and O–H groups in total. The summed E-state index contributed by atoms with van der Waals surface area (Å²) < 4.78 is 0. The molecule has 3 aromatic rings. The number of ketones is 1. The van der Waals surface area contributed by atoms with E-state index in [1.165, 1.54) is 0 Å². The number of carbonyl (C=O) groups is 1. The Balaban J connectivity index is 1.83. The summed E-state index contributed by atoms with van der Waals surface area (Å²) in [6, 6.07) is 24.8. The molecule has 1 atom stereocenters. The van der Waals surface area contributed by atoms with Gasteiger partial charge in [0.25, 0.3) is 0 Å². The quantitative estimate of drug-likeness (QED) is 0.496. The van der Waals surface area contributed by atoms with Gasteiger partial charge in [-0.15, -0.1) is 0 Å². The van der Waals surface area contributed by atoms with Crippen LogP contribution >= 0.6 is 0 Å². The standard InChI is InChI=1S/C22H19N3O/c23-18-10-6-9-17(15-18)21(26)22(14-13-16-7-2-1-3-8-16)19-11-4-5-12-20(19)24-25-22/h1-15,24-25H,23H2. The second kappa shape index (κ2) is 6.50. The highest BCUT2D eigenvalue weighted by molar-refractivity contribution is 6.08. The number of nitrogens with two attached hydrogens (primary N) is 1. The number of hydrogen-bond donors (Lipinski definition) is 3. The number of para-hydroxylation sites is 1. The molecule has 0 radical (unpaired) electrons. The lowest BCUT2D eigenvalue weighted by Crippen LogP contribution is -2.45. The molecule has 0 spiro atoms. The van der Waals surface area contributed by atoms with Crippen molar-refractivity contribution in [2.75, 3.05) is 11.2 Å². The topological polar surface area (TPSA) is 67.2 Å². The molecule has 1 aliphatic rings. The normalized spacial score (nSPS) is 18.5. The summed E-state index contributed by atoms with van der Waals surface area (Å²) in [5.74, 6) is -0.0607. The second-order valence-electron chi connectivity index (χ2n) is 6.30. The monoisotopic (exact) mass is 341 g/mol. The predicted octanol–water partition coefficient (Wildman–Crippen LogP) is 3.99. The summed E-state index contributed by atoms with van der Waals surface area (Å²) in [5, 5.41) is 0. The number of anilines is 2. The third-order valence-corrected chi connectivity index (χ3v) is 4.58. The first kappa shape index (κ1) is 16.1. The van der Waals surface area contributed by atoms with Crippen LogP contribution in [0.5, 0.6) is 0 Å². The predicted molar refractivity (Wildman–Crippen MR) is 106 cm³/mol. The van der Waals surface area contributed by atoms with Crippen molar-refractivity contribution < 1.29 is 4.79 Å². The number of hydrogen-bond acceptors (Lipinski definition) is 4. The van der Waals surface area contributed by atoms with Crippen LogP contribution in [-0.2, 0) is 5.54 Å². The van der Waals surface area contributed by atoms with E-state index in [0.29, 0.717) is 11.3 Å². The lowest BCUT2D eigenvalue weighted by atomic mass is 9.82. The smallest absolute Gasteiger partial charge is 0.193 e. The van der Waals surface area contributed by atoms with Crippen molar-refractivity contribution in [2.45, 2.75) is 5.54 Å².